The van der Waals surface area contributed by atoms with Crippen LogP contribution in [-0.2, 0) is 9.59 Å². The average Bonchev–Trinajstić information content (AvgIpc) is 2.36. The Balaban J connectivity index is 2.55. The third kappa shape index (κ3) is 4.82. The molecule has 1 amide bonds. The minimum Gasteiger partial charge on any atom is -0.480 e. The molecule has 1 aliphatic rings. The lowest BCUT2D eigenvalue weighted by atomic mass is 9.93. The largest absolute Gasteiger partial charge is 0.480 e. The van der Waals surface area contributed by atoms with E-state index in [-0.39, 0.29) is 18.5 Å². The molecule has 2 N–H and O–H groups in total. The van der Waals surface area contributed by atoms with Crippen LogP contribution in [0.3, 0.4) is 0 Å². The number of carboxylic acid groups (broad SMARTS) is 1. The molecule has 0 spiro atoms. The number of hydrogen-bond acceptors (Lipinski definition) is 3. The number of carbonyl (C=O) groups is 2. The van der Waals surface area contributed by atoms with Crippen LogP contribution < -0.4 is 5.32 Å². The minimum atomic E-state index is -0.929. The van der Waals surface area contributed by atoms with Crippen molar-refractivity contribution in [3.8, 4) is 0 Å². The van der Waals surface area contributed by atoms with Crippen LogP contribution in [0.15, 0.2) is 0 Å². The van der Waals surface area contributed by atoms with E-state index in [1.165, 1.54) is 19.3 Å². The summed E-state index contributed by atoms with van der Waals surface area (Å²) < 4.78 is 0. The van der Waals surface area contributed by atoms with Gasteiger partial charge in [-0.3, -0.25) is 14.9 Å². The Morgan fingerprint density at radius 3 is 2.26 bits per heavy atom. The zero-order chi connectivity index (χ0) is 14.4. The van der Waals surface area contributed by atoms with Gasteiger partial charge in [0.15, 0.2) is 0 Å². The van der Waals surface area contributed by atoms with Gasteiger partial charge < -0.3 is 10.0 Å². The number of hydrogen-bond donors (Lipinski definition) is 2. The number of rotatable bonds is 6. The summed E-state index contributed by atoms with van der Waals surface area (Å²) in [5.74, 6) is -0.920. The standard InChI is InChI=1S/C14H26N2O3/c1-10(2)16(12-7-5-4-6-8-12)13(17)9-15-11(3)14(18)19/h10-12,15H,4-9H2,1-3H3,(H,18,19). The Hall–Kier alpha value is -1.10. The molecule has 0 aliphatic heterocycles. The highest BCUT2D eigenvalue weighted by molar-refractivity contribution is 5.80. The zero-order valence-electron chi connectivity index (χ0n) is 12.2. The van der Waals surface area contributed by atoms with Crippen LogP contribution in [0, 0.1) is 0 Å². The van der Waals surface area contributed by atoms with Crippen molar-refractivity contribution in [3.05, 3.63) is 0 Å². The van der Waals surface area contributed by atoms with Crippen molar-refractivity contribution >= 4 is 11.9 Å². The molecule has 0 heterocycles. The van der Waals surface area contributed by atoms with E-state index in [2.05, 4.69) is 5.32 Å². The first-order chi connectivity index (χ1) is 8.93. The first-order valence-corrected chi connectivity index (χ1v) is 7.20. The molecule has 0 radical (unpaired) electrons. The highest BCUT2D eigenvalue weighted by Crippen LogP contribution is 2.24. The number of aliphatic carboxylic acids is 1. The summed E-state index contributed by atoms with van der Waals surface area (Å²) in [6, 6.07) is -0.204. The Morgan fingerprint density at radius 2 is 1.79 bits per heavy atom. The van der Waals surface area contributed by atoms with E-state index < -0.39 is 12.0 Å². The van der Waals surface area contributed by atoms with Crippen molar-refractivity contribution in [2.45, 2.75) is 71.0 Å². The SMILES string of the molecule is CC(NCC(=O)N(C(C)C)C1CCCCC1)C(=O)O. The monoisotopic (exact) mass is 270 g/mol. The van der Waals surface area contributed by atoms with Gasteiger partial charge in [-0.15, -0.1) is 0 Å². The first kappa shape index (κ1) is 16.0. The lowest BCUT2D eigenvalue weighted by Crippen LogP contribution is -2.50. The molecule has 0 aromatic carbocycles. The summed E-state index contributed by atoms with van der Waals surface area (Å²) in [5, 5.41) is 11.6. The van der Waals surface area contributed by atoms with Gasteiger partial charge in [0, 0.05) is 12.1 Å². The van der Waals surface area contributed by atoms with Crippen molar-refractivity contribution in [2.24, 2.45) is 0 Å². The highest BCUT2D eigenvalue weighted by atomic mass is 16.4. The summed E-state index contributed by atoms with van der Waals surface area (Å²) in [7, 11) is 0. The first-order valence-electron chi connectivity index (χ1n) is 7.20. The predicted molar refractivity (Wildman–Crippen MR) is 74.0 cm³/mol. The normalized spacial score (nSPS) is 18.3. The summed E-state index contributed by atoms with van der Waals surface area (Å²) in [4.78, 5) is 24.9. The molecule has 1 fully saturated rings. The van der Waals surface area contributed by atoms with Crippen molar-refractivity contribution in [3.63, 3.8) is 0 Å². The van der Waals surface area contributed by atoms with Crippen LogP contribution >= 0.6 is 0 Å². The van der Waals surface area contributed by atoms with Crippen LogP contribution in [-0.4, -0.2) is 46.6 Å². The van der Waals surface area contributed by atoms with Crippen molar-refractivity contribution in [1.29, 1.82) is 0 Å². The molecule has 1 unspecified atom stereocenters. The number of carbonyl (C=O) groups excluding carboxylic acids is 1. The molecular formula is C14H26N2O3. The van der Waals surface area contributed by atoms with Crippen LogP contribution in [0.5, 0.6) is 0 Å². The molecule has 5 nitrogen and oxygen atoms in total. The van der Waals surface area contributed by atoms with Gasteiger partial charge in [0.1, 0.15) is 6.04 Å². The van der Waals surface area contributed by atoms with Gasteiger partial charge in [0.25, 0.3) is 0 Å². The molecular weight excluding hydrogens is 244 g/mol. The third-order valence-electron chi connectivity index (χ3n) is 3.74. The van der Waals surface area contributed by atoms with Crippen LogP contribution in [0.2, 0.25) is 0 Å². The Kier molecular flexibility index (Phi) is 6.28. The van der Waals surface area contributed by atoms with Crippen LogP contribution in [0.25, 0.3) is 0 Å². The molecule has 0 bridgehead atoms. The van der Waals surface area contributed by atoms with Gasteiger partial charge >= 0.3 is 5.97 Å². The van der Waals surface area contributed by atoms with E-state index in [0.29, 0.717) is 6.04 Å². The molecule has 0 aromatic rings. The maximum Gasteiger partial charge on any atom is 0.320 e. The maximum atomic E-state index is 12.3. The molecule has 1 atom stereocenters. The quantitative estimate of drug-likeness (QED) is 0.769. The van der Waals surface area contributed by atoms with E-state index in [9.17, 15) is 9.59 Å². The molecule has 1 rings (SSSR count). The number of nitrogens with one attached hydrogen (secondary N) is 1. The van der Waals surface area contributed by atoms with E-state index in [1.54, 1.807) is 6.92 Å². The molecule has 0 aromatic heterocycles. The average molecular weight is 270 g/mol. The second-order valence-corrected chi connectivity index (χ2v) is 5.63. The smallest absolute Gasteiger partial charge is 0.320 e. The van der Waals surface area contributed by atoms with E-state index >= 15 is 0 Å². The Bertz CT molecular complexity index is 312. The molecule has 0 saturated heterocycles. The summed E-state index contributed by atoms with van der Waals surface area (Å²) in [6.07, 6.45) is 5.75. The molecule has 19 heavy (non-hydrogen) atoms. The predicted octanol–water partition coefficient (Wildman–Crippen LogP) is 1.62. The minimum absolute atomic E-state index is 0.00926. The van der Waals surface area contributed by atoms with Crippen LogP contribution in [0.1, 0.15) is 52.9 Å². The molecule has 110 valence electrons. The van der Waals surface area contributed by atoms with E-state index in [1.807, 2.05) is 18.7 Å². The Labute approximate surface area is 115 Å². The lowest BCUT2D eigenvalue weighted by molar-refractivity contribution is -0.139. The maximum absolute atomic E-state index is 12.3. The summed E-state index contributed by atoms with van der Waals surface area (Å²) >= 11 is 0. The van der Waals surface area contributed by atoms with Gasteiger partial charge in [-0.1, -0.05) is 19.3 Å². The fourth-order valence-corrected chi connectivity index (χ4v) is 2.69. The topological polar surface area (TPSA) is 69.6 Å². The fraction of sp³-hybridized carbons (Fsp3) is 0.857. The van der Waals surface area contributed by atoms with Crippen molar-refractivity contribution in [1.82, 2.24) is 10.2 Å². The molecule has 1 saturated carbocycles. The third-order valence-corrected chi connectivity index (χ3v) is 3.74. The highest BCUT2D eigenvalue weighted by Gasteiger charge is 2.27. The van der Waals surface area contributed by atoms with Gasteiger partial charge in [0.05, 0.1) is 6.54 Å². The second-order valence-electron chi connectivity index (χ2n) is 5.63. The van der Waals surface area contributed by atoms with Gasteiger partial charge in [-0.2, -0.15) is 0 Å². The summed E-state index contributed by atoms with van der Waals surface area (Å²) in [5.41, 5.74) is 0. The fourth-order valence-electron chi connectivity index (χ4n) is 2.69. The number of carboxylic acids is 1. The van der Waals surface area contributed by atoms with Gasteiger partial charge in [0.2, 0.25) is 5.91 Å². The Morgan fingerprint density at radius 1 is 1.21 bits per heavy atom. The van der Waals surface area contributed by atoms with Gasteiger partial charge in [-0.05, 0) is 33.6 Å². The van der Waals surface area contributed by atoms with Crippen molar-refractivity contribution < 1.29 is 14.7 Å². The van der Waals surface area contributed by atoms with Crippen molar-refractivity contribution in [2.75, 3.05) is 6.54 Å². The summed E-state index contributed by atoms with van der Waals surface area (Å²) in [6.45, 7) is 5.69. The molecule has 1 aliphatic carbocycles. The van der Waals surface area contributed by atoms with Gasteiger partial charge in [-0.25, -0.2) is 0 Å². The number of nitrogens with zero attached hydrogens (tertiary/aromatic N) is 1. The lowest BCUT2D eigenvalue weighted by Gasteiger charge is -2.37. The molecule has 5 heteroatoms. The van der Waals surface area contributed by atoms with E-state index in [4.69, 9.17) is 5.11 Å². The zero-order valence-corrected chi connectivity index (χ0v) is 12.2. The number of amides is 1. The second kappa shape index (κ2) is 7.48. The van der Waals surface area contributed by atoms with E-state index in [0.717, 1.165) is 12.8 Å². The van der Waals surface area contributed by atoms with Crippen LogP contribution in [0.4, 0.5) is 0 Å².